The first-order valence-corrected chi connectivity index (χ1v) is 9.13. The van der Waals surface area contributed by atoms with E-state index in [1.54, 1.807) is 17.1 Å². The lowest BCUT2D eigenvalue weighted by Crippen LogP contribution is -2.46. The Morgan fingerprint density at radius 2 is 1.54 bits per heavy atom. The van der Waals surface area contributed by atoms with Gasteiger partial charge in [0, 0.05) is 5.56 Å². The van der Waals surface area contributed by atoms with Gasteiger partial charge in [0.15, 0.2) is 0 Å². The van der Waals surface area contributed by atoms with Gasteiger partial charge in [0.05, 0.1) is 18.8 Å². The minimum Gasteiger partial charge on any atom is -0.343 e. The fraction of sp³-hybridized carbons (Fsp3) is 0.130. The van der Waals surface area contributed by atoms with E-state index < -0.39 is 0 Å². The standard InChI is InChI=1S/C23H23N3O2/c1-18-9-8-12-20(15-18)23(28)24-16-22(27)25-26(21-13-6-3-7-14-21)17-19-10-4-2-5-11-19/h2-15H,16-17H2,1H3,(H,24,28)(H,25,27). The molecule has 142 valence electrons. The highest BCUT2D eigenvalue weighted by Crippen LogP contribution is 2.14. The number of amides is 2. The van der Waals surface area contributed by atoms with Crippen LogP contribution in [-0.4, -0.2) is 18.4 Å². The number of rotatable bonds is 7. The van der Waals surface area contributed by atoms with Crippen molar-refractivity contribution in [3.8, 4) is 0 Å². The normalized spacial score (nSPS) is 10.2. The molecule has 3 aromatic rings. The largest absolute Gasteiger partial charge is 0.343 e. The summed E-state index contributed by atoms with van der Waals surface area (Å²) >= 11 is 0. The Bertz CT molecular complexity index is 927. The number of carbonyl (C=O) groups is 2. The monoisotopic (exact) mass is 373 g/mol. The first-order chi connectivity index (χ1) is 13.6. The molecular weight excluding hydrogens is 350 g/mol. The van der Waals surface area contributed by atoms with Crippen molar-refractivity contribution in [1.82, 2.24) is 10.7 Å². The van der Waals surface area contributed by atoms with Gasteiger partial charge in [0.2, 0.25) is 0 Å². The molecule has 5 heteroatoms. The Balaban J connectivity index is 1.63. The van der Waals surface area contributed by atoms with E-state index >= 15 is 0 Å². The lowest BCUT2D eigenvalue weighted by atomic mass is 10.1. The number of nitrogens with one attached hydrogen (secondary N) is 2. The zero-order chi connectivity index (χ0) is 19.8. The molecule has 0 unspecified atom stereocenters. The average molecular weight is 373 g/mol. The summed E-state index contributed by atoms with van der Waals surface area (Å²) in [5, 5.41) is 4.44. The highest BCUT2D eigenvalue weighted by Gasteiger charge is 2.13. The molecule has 5 nitrogen and oxygen atoms in total. The fourth-order valence-electron chi connectivity index (χ4n) is 2.81. The molecule has 0 spiro atoms. The number of anilines is 1. The Hall–Kier alpha value is -3.60. The van der Waals surface area contributed by atoms with Gasteiger partial charge in [-0.05, 0) is 36.8 Å². The van der Waals surface area contributed by atoms with Gasteiger partial charge in [-0.25, -0.2) is 0 Å². The molecule has 0 aliphatic heterocycles. The zero-order valence-corrected chi connectivity index (χ0v) is 15.8. The van der Waals surface area contributed by atoms with Gasteiger partial charge in [0.25, 0.3) is 11.8 Å². The second kappa shape index (κ2) is 9.37. The molecule has 0 saturated carbocycles. The van der Waals surface area contributed by atoms with E-state index in [1.165, 1.54) is 0 Å². The molecule has 2 N–H and O–H groups in total. The van der Waals surface area contributed by atoms with Crippen molar-refractivity contribution in [1.29, 1.82) is 0 Å². The van der Waals surface area contributed by atoms with E-state index in [-0.39, 0.29) is 18.4 Å². The SMILES string of the molecule is Cc1cccc(C(=O)NCC(=O)NN(Cc2ccccc2)c2ccccc2)c1. The van der Waals surface area contributed by atoms with Crippen LogP contribution in [0.5, 0.6) is 0 Å². The third-order valence-corrected chi connectivity index (χ3v) is 4.20. The summed E-state index contributed by atoms with van der Waals surface area (Å²) in [6, 6.07) is 26.7. The number of aryl methyl sites for hydroxylation is 1. The number of carbonyl (C=O) groups excluding carboxylic acids is 2. The molecule has 28 heavy (non-hydrogen) atoms. The van der Waals surface area contributed by atoms with Gasteiger partial charge in [0.1, 0.15) is 0 Å². The molecule has 3 rings (SSSR count). The Kier molecular flexibility index (Phi) is 6.41. The maximum absolute atomic E-state index is 12.5. The quantitative estimate of drug-likeness (QED) is 0.624. The van der Waals surface area contributed by atoms with E-state index in [9.17, 15) is 9.59 Å². The fourth-order valence-corrected chi connectivity index (χ4v) is 2.81. The summed E-state index contributed by atoms with van der Waals surface area (Å²) in [7, 11) is 0. The minimum atomic E-state index is -0.291. The molecular formula is C23H23N3O2. The van der Waals surface area contributed by atoms with Crippen molar-refractivity contribution in [3.05, 3.63) is 102 Å². The lowest BCUT2D eigenvalue weighted by Gasteiger charge is -2.25. The summed E-state index contributed by atoms with van der Waals surface area (Å²) in [5.41, 5.74) is 6.34. The second-order valence-corrected chi connectivity index (χ2v) is 6.49. The molecule has 0 radical (unpaired) electrons. The predicted molar refractivity (Wildman–Crippen MR) is 111 cm³/mol. The van der Waals surface area contributed by atoms with Gasteiger partial charge in [-0.1, -0.05) is 66.2 Å². The first kappa shape index (κ1) is 19.2. The smallest absolute Gasteiger partial charge is 0.257 e. The Morgan fingerprint density at radius 3 is 2.21 bits per heavy atom. The van der Waals surface area contributed by atoms with Gasteiger partial charge >= 0.3 is 0 Å². The van der Waals surface area contributed by atoms with E-state index in [1.807, 2.05) is 79.7 Å². The first-order valence-electron chi connectivity index (χ1n) is 9.13. The highest BCUT2D eigenvalue weighted by molar-refractivity contribution is 5.96. The Labute approximate surface area is 165 Å². The molecule has 0 bridgehead atoms. The van der Waals surface area contributed by atoms with Gasteiger partial charge in [-0.3, -0.25) is 20.0 Å². The number of hydrazine groups is 1. The number of para-hydroxylation sites is 1. The van der Waals surface area contributed by atoms with E-state index in [0.29, 0.717) is 12.1 Å². The summed E-state index contributed by atoms with van der Waals surface area (Å²) < 4.78 is 0. The third kappa shape index (κ3) is 5.45. The topological polar surface area (TPSA) is 61.4 Å². The van der Waals surface area contributed by atoms with Crippen molar-refractivity contribution >= 4 is 17.5 Å². The van der Waals surface area contributed by atoms with Crippen LogP contribution in [0.2, 0.25) is 0 Å². The molecule has 0 atom stereocenters. The third-order valence-electron chi connectivity index (χ3n) is 4.20. The van der Waals surface area contributed by atoms with Crippen LogP contribution in [0.25, 0.3) is 0 Å². The lowest BCUT2D eigenvalue weighted by molar-refractivity contribution is -0.120. The predicted octanol–water partition coefficient (Wildman–Crippen LogP) is 3.46. The van der Waals surface area contributed by atoms with Crippen LogP contribution in [-0.2, 0) is 11.3 Å². The van der Waals surface area contributed by atoms with Crippen LogP contribution in [0.3, 0.4) is 0 Å². The van der Waals surface area contributed by atoms with Crippen LogP contribution in [0, 0.1) is 6.92 Å². The minimum absolute atomic E-state index is 0.106. The van der Waals surface area contributed by atoms with E-state index in [0.717, 1.165) is 16.8 Å². The highest BCUT2D eigenvalue weighted by atomic mass is 16.2. The molecule has 0 fully saturated rings. The maximum Gasteiger partial charge on any atom is 0.257 e. The van der Waals surface area contributed by atoms with E-state index in [2.05, 4.69) is 10.7 Å². The number of benzene rings is 3. The zero-order valence-electron chi connectivity index (χ0n) is 15.8. The average Bonchev–Trinajstić information content (AvgIpc) is 2.73. The van der Waals surface area contributed by atoms with Crippen LogP contribution >= 0.6 is 0 Å². The molecule has 0 aromatic heterocycles. The maximum atomic E-state index is 12.5. The molecule has 0 saturated heterocycles. The molecule has 2 amide bonds. The molecule has 0 heterocycles. The molecule has 3 aromatic carbocycles. The van der Waals surface area contributed by atoms with Crippen molar-refractivity contribution < 1.29 is 9.59 Å². The van der Waals surface area contributed by atoms with Crippen molar-refractivity contribution in [2.75, 3.05) is 11.6 Å². The van der Waals surface area contributed by atoms with Crippen LogP contribution < -0.4 is 15.8 Å². The van der Waals surface area contributed by atoms with Crippen LogP contribution in [0.15, 0.2) is 84.9 Å². The van der Waals surface area contributed by atoms with Gasteiger partial charge in [-0.2, -0.15) is 0 Å². The summed E-state index contributed by atoms with van der Waals surface area (Å²) in [5.74, 6) is -0.561. The van der Waals surface area contributed by atoms with Crippen LogP contribution in [0.4, 0.5) is 5.69 Å². The summed E-state index contributed by atoms with van der Waals surface area (Å²) in [4.78, 5) is 24.7. The number of nitrogens with zero attached hydrogens (tertiary/aromatic N) is 1. The van der Waals surface area contributed by atoms with E-state index in [4.69, 9.17) is 0 Å². The molecule has 0 aliphatic carbocycles. The van der Waals surface area contributed by atoms with Crippen LogP contribution in [0.1, 0.15) is 21.5 Å². The molecule has 0 aliphatic rings. The van der Waals surface area contributed by atoms with Crippen molar-refractivity contribution in [2.45, 2.75) is 13.5 Å². The summed E-state index contributed by atoms with van der Waals surface area (Å²) in [6.45, 7) is 2.33. The van der Waals surface area contributed by atoms with Gasteiger partial charge < -0.3 is 5.32 Å². The van der Waals surface area contributed by atoms with Gasteiger partial charge in [-0.15, -0.1) is 0 Å². The Morgan fingerprint density at radius 1 is 0.857 bits per heavy atom. The number of hydrogen-bond acceptors (Lipinski definition) is 3. The number of hydrogen-bond donors (Lipinski definition) is 2. The second-order valence-electron chi connectivity index (χ2n) is 6.49. The van der Waals surface area contributed by atoms with Crippen molar-refractivity contribution in [2.24, 2.45) is 0 Å². The summed E-state index contributed by atoms with van der Waals surface area (Å²) in [6.07, 6.45) is 0. The van der Waals surface area contributed by atoms with Crippen molar-refractivity contribution in [3.63, 3.8) is 0 Å².